The first-order chi connectivity index (χ1) is 6.33. The summed E-state index contributed by atoms with van der Waals surface area (Å²) >= 11 is 1.53. The van der Waals surface area contributed by atoms with Gasteiger partial charge in [0, 0.05) is 18.0 Å². The maximum Gasteiger partial charge on any atom is 0.139 e. The molecule has 1 aromatic heterocycles. The van der Waals surface area contributed by atoms with Crippen LogP contribution in [0.2, 0.25) is 0 Å². The third-order valence-electron chi connectivity index (χ3n) is 1.74. The molecule has 3 nitrogen and oxygen atoms in total. The highest BCUT2D eigenvalue weighted by Crippen LogP contribution is 2.07. The third kappa shape index (κ3) is 4.15. The first-order valence-corrected chi connectivity index (χ1v) is 5.31. The normalized spacial score (nSPS) is 10.2. The minimum atomic E-state index is 0.267. The first kappa shape index (κ1) is 10.3. The number of aromatic nitrogens is 1. The number of thiazole rings is 1. The number of carbonyl (C=O) groups excluding carboxylic acids is 1. The molecule has 4 heteroatoms. The molecule has 2 N–H and O–H groups in total. The molecule has 0 aliphatic heterocycles. The number of unbranched alkanes of at least 4 members (excludes halogenated alkanes) is 1. The molecule has 1 heterocycles. The van der Waals surface area contributed by atoms with Crippen LogP contribution in [-0.2, 0) is 11.2 Å². The number of Topliss-reactive ketones (excluding diaryl/α,β-unsaturated/α-hetero) is 1. The summed E-state index contributed by atoms with van der Waals surface area (Å²) in [6.45, 7) is 0.671. The van der Waals surface area contributed by atoms with Crippen molar-refractivity contribution in [1.82, 2.24) is 4.98 Å². The highest BCUT2D eigenvalue weighted by molar-refractivity contribution is 7.09. The van der Waals surface area contributed by atoms with Crippen molar-refractivity contribution in [2.75, 3.05) is 6.54 Å². The summed E-state index contributed by atoms with van der Waals surface area (Å²) in [6.07, 6.45) is 4.69. The van der Waals surface area contributed by atoms with Crippen molar-refractivity contribution in [1.29, 1.82) is 0 Å². The minimum Gasteiger partial charge on any atom is -0.330 e. The van der Waals surface area contributed by atoms with E-state index in [9.17, 15) is 4.79 Å². The summed E-state index contributed by atoms with van der Waals surface area (Å²) in [5.41, 5.74) is 5.33. The summed E-state index contributed by atoms with van der Waals surface area (Å²) in [5.74, 6) is 0.267. The molecule has 0 atom stereocenters. The van der Waals surface area contributed by atoms with E-state index in [1.807, 2.05) is 5.38 Å². The van der Waals surface area contributed by atoms with E-state index in [-0.39, 0.29) is 5.78 Å². The number of rotatable bonds is 6. The van der Waals surface area contributed by atoms with E-state index in [4.69, 9.17) is 5.73 Å². The first-order valence-electron chi connectivity index (χ1n) is 4.43. The lowest BCUT2D eigenvalue weighted by molar-refractivity contribution is -0.118. The van der Waals surface area contributed by atoms with Crippen LogP contribution < -0.4 is 5.73 Å². The van der Waals surface area contributed by atoms with E-state index < -0.39 is 0 Å². The lowest BCUT2D eigenvalue weighted by atomic mass is 10.1. The number of hydrogen-bond donors (Lipinski definition) is 1. The molecule has 0 aromatic carbocycles. The Bertz CT molecular complexity index is 246. The molecule has 1 rings (SSSR count). The van der Waals surface area contributed by atoms with Gasteiger partial charge < -0.3 is 5.73 Å². The van der Waals surface area contributed by atoms with Gasteiger partial charge in [-0.2, -0.15) is 0 Å². The lowest BCUT2D eigenvalue weighted by Crippen LogP contribution is -2.04. The Morgan fingerprint density at radius 2 is 2.38 bits per heavy atom. The molecule has 72 valence electrons. The van der Waals surface area contributed by atoms with Gasteiger partial charge in [0.2, 0.25) is 0 Å². The van der Waals surface area contributed by atoms with Crippen LogP contribution in [0.5, 0.6) is 0 Å². The van der Waals surface area contributed by atoms with Crippen molar-refractivity contribution in [3.8, 4) is 0 Å². The Hall–Kier alpha value is -0.740. The van der Waals surface area contributed by atoms with E-state index in [0.717, 1.165) is 17.8 Å². The summed E-state index contributed by atoms with van der Waals surface area (Å²) in [7, 11) is 0. The molecule has 0 fully saturated rings. The zero-order valence-corrected chi connectivity index (χ0v) is 8.35. The molecular formula is C9H14N2OS. The van der Waals surface area contributed by atoms with Crippen LogP contribution in [0.15, 0.2) is 11.6 Å². The van der Waals surface area contributed by atoms with Crippen molar-refractivity contribution < 1.29 is 4.79 Å². The van der Waals surface area contributed by atoms with Gasteiger partial charge in [0.05, 0.1) is 11.4 Å². The molecule has 13 heavy (non-hydrogen) atoms. The quantitative estimate of drug-likeness (QED) is 0.703. The molecule has 0 bridgehead atoms. The minimum absolute atomic E-state index is 0.267. The highest BCUT2D eigenvalue weighted by atomic mass is 32.1. The predicted octanol–water partition coefficient (Wildman–Crippen LogP) is 1.38. The lowest BCUT2D eigenvalue weighted by Gasteiger charge is -1.96. The second kappa shape index (κ2) is 5.83. The van der Waals surface area contributed by atoms with Crippen LogP contribution in [0.3, 0.4) is 0 Å². The van der Waals surface area contributed by atoms with Gasteiger partial charge in [0.1, 0.15) is 5.78 Å². The van der Waals surface area contributed by atoms with Crippen LogP contribution in [-0.4, -0.2) is 17.3 Å². The molecule has 0 radical (unpaired) electrons. The van der Waals surface area contributed by atoms with Gasteiger partial charge in [0.15, 0.2) is 0 Å². The molecule has 0 saturated carbocycles. The smallest absolute Gasteiger partial charge is 0.139 e. The van der Waals surface area contributed by atoms with E-state index in [1.54, 1.807) is 6.20 Å². The number of nitrogens with two attached hydrogens (primary N) is 1. The summed E-state index contributed by atoms with van der Waals surface area (Å²) in [6, 6.07) is 0. The fraction of sp³-hybridized carbons (Fsp3) is 0.556. The van der Waals surface area contributed by atoms with Crippen LogP contribution >= 0.6 is 11.3 Å². The van der Waals surface area contributed by atoms with E-state index in [1.165, 1.54) is 11.3 Å². The summed E-state index contributed by atoms with van der Waals surface area (Å²) in [5, 5.41) is 2.81. The predicted molar refractivity (Wildman–Crippen MR) is 53.7 cm³/mol. The second-order valence-corrected chi connectivity index (χ2v) is 3.87. The van der Waals surface area contributed by atoms with Gasteiger partial charge in [0.25, 0.3) is 0 Å². The number of nitrogens with zero attached hydrogens (tertiary/aromatic N) is 1. The SMILES string of the molecule is NCCCCC(=O)Cc1nccs1. The zero-order valence-electron chi connectivity index (χ0n) is 7.53. The summed E-state index contributed by atoms with van der Waals surface area (Å²) < 4.78 is 0. The van der Waals surface area contributed by atoms with Gasteiger partial charge in [-0.25, -0.2) is 4.98 Å². The van der Waals surface area contributed by atoms with Gasteiger partial charge in [-0.15, -0.1) is 11.3 Å². The zero-order chi connectivity index (χ0) is 9.52. The van der Waals surface area contributed by atoms with Crippen molar-refractivity contribution in [3.63, 3.8) is 0 Å². The van der Waals surface area contributed by atoms with E-state index >= 15 is 0 Å². The standard InChI is InChI=1S/C9H14N2OS/c10-4-2-1-3-8(12)7-9-11-5-6-13-9/h5-6H,1-4,7,10H2. The molecule has 0 aliphatic rings. The Morgan fingerprint density at radius 3 is 3.00 bits per heavy atom. The number of ketones is 1. The van der Waals surface area contributed by atoms with Crippen molar-refractivity contribution in [2.45, 2.75) is 25.7 Å². The van der Waals surface area contributed by atoms with Crippen LogP contribution in [0.1, 0.15) is 24.3 Å². The molecule has 1 aromatic rings. The van der Waals surface area contributed by atoms with E-state index in [0.29, 0.717) is 19.4 Å². The van der Waals surface area contributed by atoms with Crippen molar-refractivity contribution in [2.24, 2.45) is 5.73 Å². The molecule has 0 amide bonds. The Labute approximate surface area is 82.0 Å². The van der Waals surface area contributed by atoms with Crippen molar-refractivity contribution >= 4 is 17.1 Å². The number of hydrogen-bond acceptors (Lipinski definition) is 4. The summed E-state index contributed by atoms with van der Waals surface area (Å²) in [4.78, 5) is 15.4. The fourth-order valence-electron chi connectivity index (χ4n) is 1.06. The third-order valence-corrected chi connectivity index (χ3v) is 2.52. The van der Waals surface area contributed by atoms with Crippen LogP contribution in [0.25, 0.3) is 0 Å². The molecule has 0 aliphatic carbocycles. The molecule has 0 unspecified atom stereocenters. The average Bonchev–Trinajstić information content (AvgIpc) is 2.57. The van der Waals surface area contributed by atoms with E-state index in [2.05, 4.69) is 4.98 Å². The Balaban J connectivity index is 2.18. The largest absolute Gasteiger partial charge is 0.330 e. The van der Waals surface area contributed by atoms with Gasteiger partial charge >= 0.3 is 0 Å². The van der Waals surface area contributed by atoms with Crippen LogP contribution in [0.4, 0.5) is 0 Å². The van der Waals surface area contributed by atoms with Gasteiger partial charge in [-0.3, -0.25) is 4.79 Å². The topological polar surface area (TPSA) is 56.0 Å². The molecule has 0 spiro atoms. The molecular weight excluding hydrogens is 184 g/mol. The van der Waals surface area contributed by atoms with Gasteiger partial charge in [-0.05, 0) is 19.4 Å². The van der Waals surface area contributed by atoms with Gasteiger partial charge in [-0.1, -0.05) is 0 Å². The van der Waals surface area contributed by atoms with Crippen molar-refractivity contribution in [3.05, 3.63) is 16.6 Å². The number of carbonyl (C=O) groups is 1. The highest BCUT2D eigenvalue weighted by Gasteiger charge is 2.04. The molecule has 0 saturated heterocycles. The maximum atomic E-state index is 11.3. The average molecular weight is 198 g/mol. The Morgan fingerprint density at radius 1 is 1.54 bits per heavy atom. The van der Waals surface area contributed by atoms with Crippen LogP contribution in [0, 0.1) is 0 Å². The second-order valence-electron chi connectivity index (χ2n) is 2.89. The fourth-order valence-corrected chi connectivity index (χ4v) is 1.71. The maximum absolute atomic E-state index is 11.3. The monoisotopic (exact) mass is 198 g/mol. The Kier molecular flexibility index (Phi) is 4.64.